The summed E-state index contributed by atoms with van der Waals surface area (Å²) in [6, 6.07) is 2.41. The summed E-state index contributed by atoms with van der Waals surface area (Å²) in [5, 5.41) is 19.4. The lowest BCUT2D eigenvalue weighted by Crippen LogP contribution is -1.94. The molecular formula is C7H8N2O3. The lowest BCUT2D eigenvalue weighted by atomic mass is 10.1. The fourth-order valence-corrected chi connectivity index (χ4v) is 0.905. The summed E-state index contributed by atoms with van der Waals surface area (Å²) in [4.78, 5) is 9.78. The quantitative estimate of drug-likeness (QED) is 0.285. The van der Waals surface area contributed by atoms with Gasteiger partial charge in [0.05, 0.1) is 16.7 Å². The van der Waals surface area contributed by atoms with Gasteiger partial charge in [0.15, 0.2) is 0 Å². The molecular weight excluding hydrogens is 160 g/mol. The SMILES string of the molecule is Cc1cc(N)c(O)cc1[N+](=O)[O-]. The van der Waals surface area contributed by atoms with E-state index in [-0.39, 0.29) is 17.1 Å². The summed E-state index contributed by atoms with van der Waals surface area (Å²) < 4.78 is 0. The maximum atomic E-state index is 10.3. The first kappa shape index (κ1) is 8.32. The Kier molecular flexibility index (Phi) is 1.86. The van der Waals surface area contributed by atoms with E-state index in [9.17, 15) is 10.1 Å². The van der Waals surface area contributed by atoms with Crippen LogP contribution in [-0.2, 0) is 0 Å². The first-order valence-electron chi connectivity index (χ1n) is 3.26. The molecule has 64 valence electrons. The van der Waals surface area contributed by atoms with Gasteiger partial charge in [0.2, 0.25) is 0 Å². The second-order valence-electron chi connectivity index (χ2n) is 2.45. The molecule has 0 fully saturated rings. The molecule has 0 aliphatic rings. The van der Waals surface area contributed by atoms with Crippen LogP contribution in [0.3, 0.4) is 0 Å². The summed E-state index contributed by atoms with van der Waals surface area (Å²) in [6.45, 7) is 1.56. The normalized spacial score (nSPS) is 9.75. The Morgan fingerprint density at radius 1 is 1.58 bits per heavy atom. The molecule has 0 radical (unpaired) electrons. The highest BCUT2D eigenvalue weighted by Gasteiger charge is 2.12. The van der Waals surface area contributed by atoms with E-state index >= 15 is 0 Å². The van der Waals surface area contributed by atoms with Crippen LogP contribution in [0.5, 0.6) is 5.75 Å². The van der Waals surface area contributed by atoms with E-state index in [0.717, 1.165) is 6.07 Å². The van der Waals surface area contributed by atoms with Crippen molar-refractivity contribution in [1.29, 1.82) is 0 Å². The lowest BCUT2D eigenvalue weighted by Gasteiger charge is -2.00. The number of hydrogen-bond donors (Lipinski definition) is 2. The Hall–Kier alpha value is -1.78. The number of anilines is 1. The number of aromatic hydroxyl groups is 1. The standard InChI is InChI=1S/C7H8N2O3/c1-4-2-5(8)7(10)3-6(4)9(11)12/h2-3,10H,8H2,1H3. The fraction of sp³-hybridized carbons (Fsp3) is 0.143. The number of phenolic OH excluding ortho intramolecular Hbond substituents is 1. The number of rotatable bonds is 1. The van der Waals surface area contributed by atoms with Gasteiger partial charge in [0.25, 0.3) is 5.69 Å². The number of nitrogens with zero attached hydrogens (tertiary/aromatic N) is 1. The van der Waals surface area contributed by atoms with Crippen LogP contribution in [-0.4, -0.2) is 10.0 Å². The van der Waals surface area contributed by atoms with Gasteiger partial charge in [-0.3, -0.25) is 10.1 Å². The smallest absolute Gasteiger partial charge is 0.276 e. The zero-order chi connectivity index (χ0) is 9.30. The minimum absolute atomic E-state index is 0.123. The van der Waals surface area contributed by atoms with Crippen molar-refractivity contribution in [2.75, 3.05) is 5.73 Å². The van der Waals surface area contributed by atoms with Crippen LogP contribution in [0.15, 0.2) is 12.1 Å². The van der Waals surface area contributed by atoms with Crippen molar-refractivity contribution < 1.29 is 10.0 Å². The van der Waals surface area contributed by atoms with E-state index in [4.69, 9.17) is 10.8 Å². The maximum absolute atomic E-state index is 10.3. The molecule has 0 amide bonds. The van der Waals surface area contributed by atoms with Crippen molar-refractivity contribution in [1.82, 2.24) is 0 Å². The van der Waals surface area contributed by atoms with Gasteiger partial charge in [-0.2, -0.15) is 0 Å². The largest absolute Gasteiger partial charge is 0.506 e. The molecule has 3 N–H and O–H groups in total. The number of nitrogen functional groups attached to an aromatic ring is 1. The molecule has 5 nitrogen and oxygen atoms in total. The third-order valence-electron chi connectivity index (χ3n) is 1.54. The summed E-state index contributed by atoms with van der Waals surface area (Å²) >= 11 is 0. The van der Waals surface area contributed by atoms with Crippen LogP contribution in [0.25, 0.3) is 0 Å². The van der Waals surface area contributed by atoms with Crippen LogP contribution in [0.1, 0.15) is 5.56 Å². The number of nitro benzene ring substituents is 1. The van der Waals surface area contributed by atoms with Crippen molar-refractivity contribution in [3.63, 3.8) is 0 Å². The monoisotopic (exact) mass is 168 g/mol. The zero-order valence-electron chi connectivity index (χ0n) is 6.44. The van der Waals surface area contributed by atoms with E-state index in [1.54, 1.807) is 6.92 Å². The van der Waals surface area contributed by atoms with Crippen molar-refractivity contribution in [2.45, 2.75) is 6.92 Å². The molecule has 12 heavy (non-hydrogen) atoms. The molecule has 0 aromatic heterocycles. The Bertz CT molecular complexity index is 336. The molecule has 0 atom stereocenters. The number of aryl methyl sites for hydroxylation is 1. The van der Waals surface area contributed by atoms with Crippen LogP contribution in [0.4, 0.5) is 11.4 Å². The van der Waals surface area contributed by atoms with Gasteiger partial charge >= 0.3 is 0 Å². The highest BCUT2D eigenvalue weighted by Crippen LogP contribution is 2.28. The van der Waals surface area contributed by atoms with Gasteiger partial charge in [0, 0.05) is 5.56 Å². The van der Waals surface area contributed by atoms with Gasteiger partial charge in [-0.1, -0.05) is 0 Å². The second-order valence-corrected chi connectivity index (χ2v) is 2.45. The summed E-state index contributed by atoms with van der Waals surface area (Å²) in [5.74, 6) is -0.257. The highest BCUT2D eigenvalue weighted by molar-refractivity contribution is 5.60. The Balaban J connectivity index is 3.33. The second kappa shape index (κ2) is 2.69. The lowest BCUT2D eigenvalue weighted by molar-refractivity contribution is -0.385. The molecule has 0 aliphatic carbocycles. The molecule has 0 saturated heterocycles. The molecule has 1 aromatic rings. The average Bonchev–Trinajstić information content (AvgIpc) is 1.96. The van der Waals surface area contributed by atoms with Gasteiger partial charge in [0.1, 0.15) is 5.75 Å². The highest BCUT2D eigenvalue weighted by atomic mass is 16.6. The van der Waals surface area contributed by atoms with E-state index < -0.39 is 4.92 Å². The van der Waals surface area contributed by atoms with E-state index in [1.165, 1.54) is 6.07 Å². The van der Waals surface area contributed by atoms with E-state index in [0.29, 0.717) is 5.56 Å². The molecule has 1 rings (SSSR count). The Labute approximate surface area is 68.6 Å². The van der Waals surface area contributed by atoms with E-state index in [2.05, 4.69) is 0 Å². The number of hydrogen-bond acceptors (Lipinski definition) is 4. The van der Waals surface area contributed by atoms with Crippen molar-refractivity contribution in [3.8, 4) is 5.75 Å². The molecule has 0 saturated carbocycles. The zero-order valence-corrected chi connectivity index (χ0v) is 6.44. The maximum Gasteiger partial charge on any atom is 0.276 e. The molecule has 5 heteroatoms. The fourth-order valence-electron chi connectivity index (χ4n) is 0.905. The van der Waals surface area contributed by atoms with Gasteiger partial charge in [-0.15, -0.1) is 0 Å². The molecule has 0 spiro atoms. The minimum atomic E-state index is -0.561. The Morgan fingerprint density at radius 2 is 2.17 bits per heavy atom. The molecule has 0 heterocycles. The van der Waals surface area contributed by atoms with E-state index in [1.807, 2.05) is 0 Å². The third kappa shape index (κ3) is 1.29. The first-order valence-corrected chi connectivity index (χ1v) is 3.26. The predicted molar refractivity (Wildman–Crippen MR) is 43.9 cm³/mol. The molecule has 1 aromatic carbocycles. The van der Waals surface area contributed by atoms with Crippen LogP contribution < -0.4 is 5.73 Å². The number of nitro groups is 1. The molecule has 0 unspecified atom stereocenters. The van der Waals surface area contributed by atoms with Crippen molar-refractivity contribution in [2.24, 2.45) is 0 Å². The third-order valence-corrected chi connectivity index (χ3v) is 1.54. The molecule has 0 aliphatic heterocycles. The molecule has 0 bridgehead atoms. The summed E-state index contributed by atoms with van der Waals surface area (Å²) in [7, 11) is 0. The number of phenols is 1. The average molecular weight is 168 g/mol. The number of nitrogens with two attached hydrogens (primary N) is 1. The topological polar surface area (TPSA) is 89.4 Å². The number of benzene rings is 1. The van der Waals surface area contributed by atoms with Gasteiger partial charge in [-0.25, -0.2) is 0 Å². The van der Waals surface area contributed by atoms with Crippen molar-refractivity contribution >= 4 is 11.4 Å². The van der Waals surface area contributed by atoms with Crippen LogP contribution >= 0.6 is 0 Å². The van der Waals surface area contributed by atoms with Crippen molar-refractivity contribution in [3.05, 3.63) is 27.8 Å². The van der Waals surface area contributed by atoms with Crippen LogP contribution in [0, 0.1) is 17.0 Å². The predicted octanol–water partition coefficient (Wildman–Crippen LogP) is 1.19. The van der Waals surface area contributed by atoms with Gasteiger partial charge in [-0.05, 0) is 13.0 Å². The van der Waals surface area contributed by atoms with Crippen LogP contribution in [0.2, 0.25) is 0 Å². The summed E-state index contributed by atoms with van der Waals surface area (Å²) in [5.41, 5.74) is 5.78. The first-order chi connectivity index (χ1) is 5.52. The Morgan fingerprint density at radius 3 is 2.67 bits per heavy atom. The van der Waals surface area contributed by atoms with Gasteiger partial charge < -0.3 is 10.8 Å². The minimum Gasteiger partial charge on any atom is -0.506 e. The summed E-state index contributed by atoms with van der Waals surface area (Å²) in [6.07, 6.45) is 0.